The number of aldehydes is 1. The average Bonchev–Trinajstić information content (AvgIpc) is 2.92. The third kappa shape index (κ3) is 8.32. The molecule has 1 aliphatic rings. The lowest BCUT2D eigenvalue weighted by molar-refractivity contribution is -0.182. The first-order valence-electron chi connectivity index (χ1n) is 14.8. The van der Waals surface area contributed by atoms with E-state index in [0.717, 1.165) is 10.5 Å². The Morgan fingerprint density at radius 1 is 1.07 bits per heavy atom. The van der Waals surface area contributed by atoms with Gasteiger partial charge in [-0.25, -0.2) is 4.39 Å². The lowest BCUT2D eigenvalue weighted by Gasteiger charge is -2.48. The molecule has 0 aromatic heterocycles. The molecule has 15 heteroatoms. The largest absolute Gasteiger partial charge is 0.392 e. The molecule has 1 saturated heterocycles. The van der Waals surface area contributed by atoms with Gasteiger partial charge in [-0.15, -0.1) is 0 Å². The molecule has 0 saturated carbocycles. The summed E-state index contributed by atoms with van der Waals surface area (Å²) in [7, 11) is 38.4. The second kappa shape index (κ2) is 13.7. The van der Waals surface area contributed by atoms with Crippen LogP contribution in [0.5, 0.6) is 0 Å². The molecule has 1 aliphatic heterocycles. The highest BCUT2D eigenvalue weighted by Gasteiger charge is 2.47. The molecule has 2 aromatic carbocycles. The Morgan fingerprint density at radius 2 is 1.67 bits per heavy atom. The number of anilines is 1. The Hall–Kier alpha value is -2.91. The second-order valence-electron chi connectivity index (χ2n) is 13.5. The normalized spacial score (nSPS) is 17.5. The van der Waals surface area contributed by atoms with Gasteiger partial charge < -0.3 is 25.1 Å². The number of nitrogens with zero attached hydrogens (tertiary/aromatic N) is 2. The molecular formula is C31H37B6FN4O4. The Balaban J connectivity index is 1.97. The predicted molar refractivity (Wildman–Crippen MR) is 183 cm³/mol. The van der Waals surface area contributed by atoms with Crippen LogP contribution in [0.1, 0.15) is 49.9 Å². The average molecular weight is 614 g/mol. The number of amides is 2. The van der Waals surface area contributed by atoms with Crippen LogP contribution < -0.4 is 10.6 Å². The van der Waals surface area contributed by atoms with Crippen LogP contribution in [-0.2, 0) is 37.5 Å². The summed E-state index contributed by atoms with van der Waals surface area (Å²) < 4.78 is 21.5. The summed E-state index contributed by atoms with van der Waals surface area (Å²) in [6, 6.07) is 8.02. The minimum atomic E-state index is -2.40. The topological polar surface area (TPSA) is 91.0 Å². The third-order valence-corrected chi connectivity index (χ3v) is 8.10. The summed E-state index contributed by atoms with van der Waals surface area (Å²) in [5.41, 5.74) is 1.47. The van der Waals surface area contributed by atoms with Gasteiger partial charge in [0.2, 0.25) is 12.3 Å². The molecular weight excluding hydrogens is 576 g/mol. The Bertz CT molecular complexity index is 1440. The first-order chi connectivity index (χ1) is 21.1. The van der Waals surface area contributed by atoms with Crippen LogP contribution in [0.15, 0.2) is 36.4 Å². The molecule has 12 radical (unpaired) electrons. The Morgan fingerprint density at radius 3 is 2.22 bits per heavy atom. The van der Waals surface area contributed by atoms with Crippen molar-refractivity contribution in [3.63, 3.8) is 0 Å². The van der Waals surface area contributed by atoms with E-state index in [9.17, 15) is 14.4 Å². The van der Waals surface area contributed by atoms with Gasteiger partial charge in [0.05, 0.1) is 58.3 Å². The number of benzene rings is 2. The molecule has 1 unspecified atom stereocenters. The molecule has 2 N–H and O–H groups in total. The molecule has 8 nitrogen and oxygen atoms in total. The standard InChI is InChI=1S/C31H37B6FN4O4/c1-19-8-7-9-24(21(19)14-42(18-44)25(26(45)39-6)30(34,35)29(32,33)17-43)40-31(36,37)22-12-20(10-11-23(22)38)13-41-15-27(2,3)46-28(4,5)16-41/h7-12,17-18,25,40H,13-16H2,1-6H3,(H,39,45). The number of carbonyl (C=O) groups excluding carboxylic acids is 3. The van der Waals surface area contributed by atoms with E-state index in [-0.39, 0.29) is 29.6 Å². The zero-order chi connectivity index (χ0) is 34.9. The minimum Gasteiger partial charge on any atom is -0.392 e. The number of nitrogens with one attached hydrogen (secondary N) is 2. The first-order valence-corrected chi connectivity index (χ1v) is 14.8. The molecule has 0 bridgehead atoms. The summed E-state index contributed by atoms with van der Waals surface area (Å²) >= 11 is 0. The highest BCUT2D eigenvalue weighted by Crippen LogP contribution is 2.45. The molecule has 0 aliphatic carbocycles. The number of halogens is 1. The molecule has 3 rings (SSSR count). The fourth-order valence-corrected chi connectivity index (χ4v) is 6.11. The number of morpholine rings is 1. The van der Waals surface area contributed by atoms with Gasteiger partial charge >= 0.3 is 0 Å². The molecule has 1 fully saturated rings. The lowest BCUT2D eigenvalue weighted by atomic mass is 9.28. The lowest BCUT2D eigenvalue weighted by Crippen LogP contribution is -2.57. The number of carbonyl (C=O) groups is 3. The van der Waals surface area contributed by atoms with E-state index < -0.39 is 33.5 Å². The molecule has 0 spiro atoms. The van der Waals surface area contributed by atoms with Crippen molar-refractivity contribution in [3.05, 3.63) is 64.5 Å². The van der Waals surface area contributed by atoms with E-state index in [2.05, 4.69) is 15.5 Å². The Labute approximate surface area is 280 Å². The van der Waals surface area contributed by atoms with Gasteiger partial charge in [-0.2, -0.15) is 0 Å². The molecule has 46 heavy (non-hydrogen) atoms. The molecule has 1 heterocycles. The van der Waals surface area contributed by atoms with Gasteiger partial charge in [-0.05, 0) is 74.3 Å². The summed E-state index contributed by atoms with van der Waals surface area (Å²) in [4.78, 5) is 40.2. The number of hydrogen-bond acceptors (Lipinski definition) is 6. The van der Waals surface area contributed by atoms with Gasteiger partial charge in [0.15, 0.2) is 0 Å². The molecule has 2 amide bonds. The Kier molecular flexibility index (Phi) is 11.2. The van der Waals surface area contributed by atoms with Gasteiger partial charge in [-0.1, -0.05) is 34.7 Å². The van der Waals surface area contributed by atoms with E-state index in [4.69, 9.17) is 51.8 Å². The first kappa shape index (κ1) is 37.5. The van der Waals surface area contributed by atoms with E-state index in [1.165, 1.54) is 13.1 Å². The maximum absolute atomic E-state index is 15.3. The van der Waals surface area contributed by atoms with Crippen molar-refractivity contribution in [2.75, 3.05) is 25.5 Å². The highest BCUT2D eigenvalue weighted by molar-refractivity contribution is 6.60. The molecule has 230 valence electrons. The summed E-state index contributed by atoms with van der Waals surface area (Å²) in [5.74, 6) is -1.44. The maximum atomic E-state index is 15.3. The maximum Gasteiger partial charge on any atom is 0.241 e. The van der Waals surface area contributed by atoms with Crippen LogP contribution in [0.25, 0.3) is 0 Å². The van der Waals surface area contributed by atoms with Crippen molar-refractivity contribution in [1.29, 1.82) is 0 Å². The van der Waals surface area contributed by atoms with Crippen molar-refractivity contribution >= 4 is 71.4 Å². The number of likely N-dealkylation sites (N-methyl/N-ethyl adjacent to an activating group) is 1. The fraction of sp³-hybridized carbons (Fsp3) is 0.516. The van der Waals surface area contributed by atoms with Crippen LogP contribution in [0.3, 0.4) is 0 Å². The van der Waals surface area contributed by atoms with Crippen LogP contribution in [0.4, 0.5) is 10.1 Å². The predicted octanol–water partition coefficient (Wildman–Crippen LogP) is 1.26. The number of aryl methyl sites for hydroxylation is 1. The zero-order valence-corrected chi connectivity index (χ0v) is 27.4. The van der Waals surface area contributed by atoms with Crippen molar-refractivity contribution in [3.8, 4) is 0 Å². The van der Waals surface area contributed by atoms with Crippen molar-refractivity contribution in [2.24, 2.45) is 0 Å². The monoisotopic (exact) mass is 614 g/mol. The van der Waals surface area contributed by atoms with Crippen molar-refractivity contribution in [2.45, 2.75) is 80.7 Å². The van der Waals surface area contributed by atoms with Gasteiger partial charge in [-0.3, -0.25) is 14.5 Å². The number of hydrogen-bond donors (Lipinski definition) is 2. The van der Waals surface area contributed by atoms with E-state index in [0.29, 0.717) is 42.9 Å². The summed E-state index contributed by atoms with van der Waals surface area (Å²) in [5, 5.41) is -1.34. The van der Waals surface area contributed by atoms with Gasteiger partial charge in [0.25, 0.3) is 0 Å². The van der Waals surface area contributed by atoms with Crippen LogP contribution in [0, 0.1) is 12.7 Å². The van der Waals surface area contributed by atoms with Crippen LogP contribution in [0.2, 0.25) is 10.4 Å². The molecule has 2 aromatic rings. The smallest absolute Gasteiger partial charge is 0.241 e. The zero-order valence-electron chi connectivity index (χ0n) is 27.4. The van der Waals surface area contributed by atoms with E-state index in [1.54, 1.807) is 37.3 Å². The quantitative estimate of drug-likeness (QED) is 0.261. The minimum absolute atomic E-state index is 0.00433. The highest BCUT2D eigenvalue weighted by atomic mass is 19.1. The molecule has 1 atom stereocenters. The number of rotatable bonds is 13. The van der Waals surface area contributed by atoms with Crippen LogP contribution in [-0.4, -0.2) is 113 Å². The SMILES string of the molecule is [B]C([B])(Nc1cccc(C)c1CN(C=O)C(C(=O)NC)C([B])([B])C([B])([B])C=O)c1cc(CN2CC(C)(C)OC(C)(C)C2)ccc1F. The summed E-state index contributed by atoms with van der Waals surface area (Å²) in [6.07, 6.45) is 0.439. The fourth-order valence-electron chi connectivity index (χ4n) is 6.11. The third-order valence-electron chi connectivity index (χ3n) is 8.10. The van der Waals surface area contributed by atoms with Crippen molar-refractivity contribution in [1.82, 2.24) is 15.1 Å². The number of ether oxygens (including phenoxy) is 1. The van der Waals surface area contributed by atoms with E-state index in [1.807, 2.05) is 27.7 Å². The van der Waals surface area contributed by atoms with Gasteiger partial charge in [0.1, 0.15) is 18.1 Å². The second-order valence-corrected chi connectivity index (χ2v) is 13.5. The van der Waals surface area contributed by atoms with E-state index >= 15 is 4.39 Å². The van der Waals surface area contributed by atoms with Crippen molar-refractivity contribution < 1.29 is 23.5 Å². The van der Waals surface area contributed by atoms with Crippen LogP contribution >= 0.6 is 0 Å². The van der Waals surface area contributed by atoms with Gasteiger partial charge in [0, 0.05) is 38.9 Å². The summed E-state index contributed by atoms with van der Waals surface area (Å²) in [6.45, 7) is 11.4.